The van der Waals surface area contributed by atoms with Crippen LogP contribution in [0.15, 0.2) is 0 Å². The van der Waals surface area contributed by atoms with E-state index in [-0.39, 0.29) is 5.54 Å². The molecule has 0 amide bonds. The van der Waals surface area contributed by atoms with Gasteiger partial charge in [0.2, 0.25) is 0 Å². The molecule has 2 nitrogen and oxygen atoms in total. The van der Waals surface area contributed by atoms with Gasteiger partial charge in [0.25, 0.3) is 0 Å². The van der Waals surface area contributed by atoms with Crippen LogP contribution in [0.1, 0.15) is 66.7 Å². The summed E-state index contributed by atoms with van der Waals surface area (Å²) in [5.41, 5.74) is 0.735. The highest BCUT2D eigenvalue weighted by atomic mass is 16.5. The van der Waals surface area contributed by atoms with Gasteiger partial charge in [-0.2, -0.15) is 0 Å². The second kappa shape index (κ2) is 6.91. The molecule has 0 radical (unpaired) electrons. The first-order valence-corrected chi connectivity index (χ1v) is 7.66. The molecule has 0 bridgehead atoms. The first-order valence-electron chi connectivity index (χ1n) is 7.66. The van der Waals surface area contributed by atoms with Crippen molar-refractivity contribution in [1.29, 1.82) is 0 Å². The number of nitrogens with one attached hydrogen (secondary N) is 1. The summed E-state index contributed by atoms with van der Waals surface area (Å²) in [6, 6.07) is 0. The minimum atomic E-state index is 0.231. The summed E-state index contributed by atoms with van der Waals surface area (Å²) in [5, 5.41) is 3.70. The fourth-order valence-electron chi connectivity index (χ4n) is 2.70. The Bertz CT molecular complexity index is 224. The normalized spacial score (nSPS) is 19.7. The highest BCUT2D eigenvalue weighted by Crippen LogP contribution is 2.40. The minimum Gasteiger partial charge on any atom is -0.381 e. The molecule has 2 heteroatoms. The second-order valence-electron chi connectivity index (χ2n) is 7.53. The molecule has 1 N–H and O–H groups in total. The maximum Gasteiger partial charge on any atom is 0.0488 e. The minimum absolute atomic E-state index is 0.231. The van der Waals surface area contributed by atoms with Gasteiger partial charge in [-0.1, -0.05) is 26.7 Å². The number of rotatable bonds is 7. The van der Waals surface area contributed by atoms with Crippen molar-refractivity contribution in [3.63, 3.8) is 0 Å². The predicted molar refractivity (Wildman–Crippen MR) is 78.9 cm³/mol. The third-order valence-electron chi connectivity index (χ3n) is 3.89. The predicted octanol–water partition coefficient (Wildman–Crippen LogP) is 4.00. The molecule has 1 aliphatic rings. The molecule has 0 heterocycles. The molecule has 0 aromatic heterocycles. The number of ether oxygens (including phenoxy) is 1. The lowest BCUT2D eigenvalue weighted by Gasteiger charge is -2.33. The van der Waals surface area contributed by atoms with E-state index < -0.39 is 0 Å². The van der Waals surface area contributed by atoms with Gasteiger partial charge in [-0.25, -0.2) is 0 Å². The molecule has 0 spiro atoms. The van der Waals surface area contributed by atoms with Crippen LogP contribution < -0.4 is 5.32 Å². The first kappa shape index (κ1) is 16.0. The average molecular weight is 255 g/mol. The second-order valence-corrected chi connectivity index (χ2v) is 7.53. The van der Waals surface area contributed by atoms with Crippen LogP contribution in [0, 0.1) is 11.3 Å². The Kier molecular flexibility index (Phi) is 6.13. The Labute approximate surface area is 114 Å². The smallest absolute Gasteiger partial charge is 0.0488 e. The molecule has 0 aromatic rings. The van der Waals surface area contributed by atoms with Gasteiger partial charge in [0, 0.05) is 25.3 Å². The highest BCUT2D eigenvalue weighted by molar-refractivity contribution is 4.88. The molecule has 1 fully saturated rings. The van der Waals surface area contributed by atoms with Crippen molar-refractivity contribution in [1.82, 2.24) is 5.32 Å². The van der Waals surface area contributed by atoms with Gasteiger partial charge in [0.1, 0.15) is 0 Å². The molecular weight excluding hydrogens is 222 g/mol. The number of hydrogen-bond donors (Lipinski definition) is 1. The summed E-state index contributed by atoms with van der Waals surface area (Å²) in [7, 11) is 0. The van der Waals surface area contributed by atoms with Gasteiger partial charge in [-0.15, -0.1) is 0 Å². The topological polar surface area (TPSA) is 21.3 Å². The van der Waals surface area contributed by atoms with Crippen LogP contribution in [0.25, 0.3) is 0 Å². The van der Waals surface area contributed by atoms with Gasteiger partial charge in [0.15, 0.2) is 0 Å². The van der Waals surface area contributed by atoms with Gasteiger partial charge in [-0.05, 0) is 51.4 Å². The average Bonchev–Trinajstić information content (AvgIpc) is 2.70. The van der Waals surface area contributed by atoms with Crippen LogP contribution in [0.3, 0.4) is 0 Å². The fourth-order valence-corrected chi connectivity index (χ4v) is 2.70. The number of hydrogen-bond acceptors (Lipinski definition) is 2. The summed E-state index contributed by atoms with van der Waals surface area (Å²) in [6.07, 6.45) is 6.77. The Morgan fingerprint density at radius 1 is 1.17 bits per heavy atom. The van der Waals surface area contributed by atoms with Crippen molar-refractivity contribution >= 4 is 0 Å². The lowest BCUT2D eigenvalue weighted by atomic mass is 9.82. The first-order chi connectivity index (χ1) is 8.33. The Balaban J connectivity index is 2.33. The van der Waals surface area contributed by atoms with Crippen molar-refractivity contribution in [2.75, 3.05) is 19.8 Å². The van der Waals surface area contributed by atoms with E-state index in [1.807, 2.05) is 0 Å². The monoisotopic (exact) mass is 255 g/mol. The molecule has 0 atom stereocenters. The SMILES string of the molecule is CC(C)COCCC1(CNC(C)(C)C)CCCC1. The maximum atomic E-state index is 5.79. The summed E-state index contributed by atoms with van der Waals surface area (Å²) >= 11 is 0. The molecular formula is C16H33NO. The van der Waals surface area contributed by atoms with E-state index in [2.05, 4.69) is 39.9 Å². The standard InChI is InChI=1S/C16H33NO/c1-14(2)12-18-11-10-16(8-6-7-9-16)13-17-15(3,4)5/h14,17H,6-13H2,1-5H3. The van der Waals surface area contributed by atoms with E-state index in [1.165, 1.54) is 32.1 Å². The zero-order chi connectivity index (χ0) is 13.6. The van der Waals surface area contributed by atoms with Gasteiger partial charge in [0.05, 0.1) is 0 Å². The summed E-state index contributed by atoms with van der Waals surface area (Å²) in [5.74, 6) is 0.650. The van der Waals surface area contributed by atoms with E-state index in [0.29, 0.717) is 11.3 Å². The molecule has 108 valence electrons. The molecule has 1 aliphatic carbocycles. The van der Waals surface area contributed by atoms with Gasteiger partial charge < -0.3 is 10.1 Å². The van der Waals surface area contributed by atoms with Crippen LogP contribution >= 0.6 is 0 Å². The van der Waals surface area contributed by atoms with Crippen LogP contribution in [0.4, 0.5) is 0 Å². The summed E-state index contributed by atoms with van der Waals surface area (Å²) in [6.45, 7) is 14.2. The molecule has 18 heavy (non-hydrogen) atoms. The fraction of sp³-hybridized carbons (Fsp3) is 1.00. The third-order valence-corrected chi connectivity index (χ3v) is 3.89. The Morgan fingerprint density at radius 2 is 1.78 bits per heavy atom. The summed E-state index contributed by atoms with van der Waals surface area (Å²) < 4.78 is 5.79. The van der Waals surface area contributed by atoms with Crippen molar-refractivity contribution in [3.8, 4) is 0 Å². The third kappa shape index (κ3) is 6.19. The highest BCUT2D eigenvalue weighted by Gasteiger charge is 2.34. The zero-order valence-electron chi connectivity index (χ0n) is 13.1. The zero-order valence-corrected chi connectivity index (χ0v) is 13.1. The quantitative estimate of drug-likeness (QED) is 0.694. The lowest BCUT2D eigenvalue weighted by Crippen LogP contribution is -2.43. The van der Waals surface area contributed by atoms with Crippen LogP contribution in [0.5, 0.6) is 0 Å². The van der Waals surface area contributed by atoms with E-state index in [1.54, 1.807) is 0 Å². The van der Waals surface area contributed by atoms with Gasteiger partial charge >= 0.3 is 0 Å². The summed E-state index contributed by atoms with van der Waals surface area (Å²) in [4.78, 5) is 0. The van der Waals surface area contributed by atoms with Crippen LogP contribution in [-0.4, -0.2) is 25.3 Å². The Hall–Kier alpha value is -0.0800. The Morgan fingerprint density at radius 3 is 2.28 bits per heavy atom. The molecule has 1 rings (SSSR count). The molecule has 0 aliphatic heterocycles. The van der Waals surface area contributed by atoms with Crippen LogP contribution in [0.2, 0.25) is 0 Å². The van der Waals surface area contributed by atoms with Crippen molar-refractivity contribution in [3.05, 3.63) is 0 Å². The van der Waals surface area contributed by atoms with E-state index in [4.69, 9.17) is 4.74 Å². The van der Waals surface area contributed by atoms with Crippen LogP contribution in [-0.2, 0) is 4.74 Å². The van der Waals surface area contributed by atoms with E-state index in [0.717, 1.165) is 19.8 Å². The maximum absolute atomic E-state index is 5.79. The molecule has 0 aromatic carbocycles. The van der Waals surface area contributed by atoms with Crippen molar-refractivity contribution in [2.45, 2.75) is 72.3 Å². The molecule has 0 saturated heterocycles. The molecule has 0 unspecified atom stereocenters. The van der Waals surface area contributed by atoms with E-state index in [9.17, 15) is 0 Å². The molecule has 1 saturated carbocycles. The van der Waals surface area contributed by atoms with Crippen molar-refractivity contribution in [2.24, 2.45) is 11.3 Å². The largest absolute Gasteiger partial charge is 0.381 e. The van der Waals surface area contributed by atoms with E-state index >= 15 is 0 Å². The lowest BCUT2D eigenvalue weighted by molar-refractivity contribution is 0.0747. The van der Waals surface area contributed by atoms with Crippen molar-refractivity contribution < 1.29 is 4.74 Å². The van der Waals surface area contributed by atoms with Gasteiger partial charge in [-0.3, -0.25) is 0 Å².